The maximum atomic E-state index is 4.59. The fourth-order valence-electron chi connectivity index (χ4n) is 4.40. The van der Waals surface area contributed by atoms with Crippen LogP contribution in [-0.2, 0) is 0 Å². The maximum Gasteiger partial charge on any atom is 0.193 e. The van der Waals surface area contributed by atoms with Crippen LogP contribution in [0.4, 0.5) is 0 Å². The number of nitrogens with one attached hydrogen (secondary N) is 1. The molecule has 0 aromatic carbocycles. The summed E-state index contributed by atoms with van der Waals surface area (Å²) in [6.45, 7) is 5.59. The summed E-state index contributed by atoms with van der Waals surface area (Å²) in [7, 11) is 1.93. The third-order valence-electron chi connectivity index (χ3n) is 6.29. The van der Waals surface area contributed by atoms with Crippen molar-refractivity contribution in [2.75, 3.05) is 26.7 Å². The predicted molar refractivity (Wildman–Crippen MR) is 96.9 cm³/mol. The topological polar surface area (TPSA) is 45.5 Å². The van der Waals surface area contributed by atoms with Crippen molar-refractivity contribution in [3.8, 4) is 0 Å². The minimum Gasteiger partial charge on any atom is -0.356 e. The number of hydrogen-bond donors (Lipinski definition) is 1. The highest BCUT2D eigenvalue weighted by atomic mass is 15.3. The van der Waals surface area contributed by atoms with Gasteiger partial charge in [-0.3, -0.25) is 4.99 Å². The fourth-order valence-corrected chi connectivity index (χ4v) is 4.40. The Balaban J connectivity index is 1.37. The van der Waals surface area contributed by atoms with Crippen LogP contribution in [0.1, 0.15) is 45.1 Å². The zero-order chi connectivity index (χ0) is 16.5. The van der Waals surface area contributed by atoms with Crippen molar-refractivity contribution < 1.29 is 0 Å². The van der Waals surface area contributed by atoms with Crippen molar-refractivity contribution in [2.45, 2.75) is 45.1 Å². The SMILES string of the molecule is CN=C(NCC(C1CC1)C1CC1)N1CCC(C)C(n2ccnc2)C1. The molecule has 0 amide bonds. The first-order valence-electron chi connectivity index (χ1n) is 9.69. The van der Waals surface area contributed by atoms with Gasteiger partial charge in [-0.05, 0) is 55.8 Å². The Kier molecular flexibility index (Phi) is 4.51. The van der Waals surface area contributed by atoms with E-state index in [0.29, 0.717) is 12.0 Å². The van der Waals surface area contributed by atoms with Gasteiger partial charge in [0.15, 0.2) is 5.96 Å². The lowest BCUT2D eigenvalue weighted by Crippen LogP contribution is -2.50. The van der Waals surface area contributed by atoms with Gasteiger partial charge in [-0.15, -0.1) is 0 Å². The number of likely N-dealkylation sites (tertiary alicyclic amines) is 1. The molecule has 0 bridgehead atoms. The van der Waals surface area contributed by atoms with Crippen LogP contribution >= 0.6 is 0 Å². The summed E-state index contributed by atoms with van der Waals surface area (Å²) in [6.07, 6.45) is 12.9. The third-order valence-corrected chi connectivity index (χ3v) is 6.29. The Hall–Kier alpha value is -1.52. The van der Waals surface area contributed by atoms with Gasteiger partial charge in [0.2, 0.25) is 0 Å². The molecule has 1 N–H and O–H groups in total. The van der Waals surface area contributed by atoms with Gasteiger partial charge in [0.05, 0.1) is 12.4 Å². The van der Waals surface area contributed by atoms with E-state index in [1.807, 2.05) is 19.6 Å². The zero-order valence-corrected chi connectivity index (χ0v) is 15.1. The van der Waals surface area contributed by atoms with Crippen LogP contribution in [0.3, 0.4) is 0 Å². The third kappa shape index (κ3) is 3.45. The van der Waals surface area contributed by atoms with E-state index in [9.17, 15) is 0 Å². The molecule has 2 atom stereocenters. The second-order valence-electron chi connectivity index (χ2n) is 8.06. The zero-order valence-electron chi connectivity index (χ0n) is 15.1. The summed E-state index contributed by atoms with van der Waals surface area (Å²) in [5.41, 5.74) is 0. The van der Waals surface area contributed by atoms with E-state index in [2.05, 4.69) is 37.9 Å². The largest absolute Gasteiger partial charge is 0.356 e. The van der Waals surface area contributed by atoms with Gasteiger partial charge in [-0.25, -0.2) is 4.98 Å². The fraction of sp³-hybridized carbons (Fsp3) is 0.789. The number of aliphatic imine (C=N–C) groups is 1. The van der Waals surface area contributed by atoms with Crippen molar-refractivity contribution in [2.24, 2.45) is 28.7 Å². The van der Waals surface area contributed by atoms with E-state index in [4.69, 9.17) is 0 Å². The van der Waals surface area contributed by atoms with Crippen LogP contribution in [0.5, 0.6) is 0 Å². The summed E-state index contributed by atoms with van der Waals surface area (Å²) in [4.78, 5) is 11.3. The quantitative estimate of drug-likeness (QED) is 0.667. The molecule has 3 fully saturated rings. The van der Waals surface area contributed by atoms with Crippen molar-refractivity contribution >= 4 is 5.96 Å². The lowest BCUT2D eigenvalue weighted by Gasteiger charge is -2.39. The highest BCUT2D eigenvalue weighted by molar-refractivity contribution is 5.80. The molecular formula is C19H31N5. The molecule has 0 spiro atoms. The molecule has 3 aliphatic rings. The number of aromatic nitrogens is 2. The van der Waals surface area contributed by atoms with E-state index in [0.717, 1.165) is 43.3 Å². The molecule has 4 rings (SSSR count). The van der Waals surface area contributed by atoms with E-state index in [1.54, 1.807) is 0 Å². The van der Waals surface area contributed by atoms with E-state index < -0.39 is 0 Å². The van der Waals surface area contributed by atoms with Gasteiger partial charge in [-0.1, -0.05) is 6.92 Å². The van der Waals surface area contributed by atoms with Crippen molar-refractivity contribution in [1.82, 2.24) is 19.8 Å². The summed E-state index contributed by atoms with van der Waals surface area (Å²) in [5, 5.41) is 3.71. The predicted octanol–water partition coefficient (Wildman–Crippen LogP) is 2.78. The van der Waals surface area contributed by atoms with Gasteiger partial charge >= 0.3 is 0 Å². The maximum absolute atomic E-state index is 4.59. The number of nitrogens with zero attached hydrogens (tertiary/aromatic N) is 4. The second-order valence-corrected chi connectivity index (χ2v) is 8.06. The first-order valence-corrected chi connectivity index (χ1v) is 9.69. The van der Waals surface area contributed by atoms with Gasteiger partial charge in [0.25, 0.3) is 0 Å². The number of imidazole rings is 1. The molecule has 24 heavy (non-hydrogen) atoms. The second kappa shape index (κ2) is 6.77. The Morgan fingerprint density at radius 1 is 1.25 bits per heavy atom. The molecule has 2 aliphatic carbocycles. The van der Waals surface area contributed by atoms with Crippen LogP contribution < -0.4 is 5.32 Å². The lowest BCUT2D eigenvalue weighted by molar-refractivity contribution is 0.188. The minimum atomic E-state index is 0.488. The summed E-state index contributed by atoms with van der Waals surface area (Å²) in [5.74, 6) is 4.64. The first kappa shape index (κ1) is 16.0. The van der Waals surface area contributed by atoms with Crippen LogP contribution in [-0.4, -0.2) is 47.1 Å². The molecule has 132 valence electrons. The minimum absolute atomic E-state index is 0.488. The molecule has 1 saturated heterocycles. The Morgan fingerprint density at radius 2 is 2.00 bits per heavy atom. The average Bonchev–Trinajstić information content (AvgIpc) is 3.53. The van der Waals surface area contributed by atoms with Crippen LogP contribution in [0.2, 0.25) is 0 Å². The number of hydrogen-bond acceptors (Lipinski definition) is 2. The molecule has 2 unspecified atom stereocenters. The number of guanidine groups is 1. The molecule has 1 aliphatic heterocycles. The number of piperidine rings is 1. The molecule has 5 heteroatoms. The van der Waals surface area contributed by atoms with E-state index >= 15 is 0 Å². The average molecular weight is 329 g/mol. The van der Waals surface area contributed by atoms with Gasteiger partial charge in [0, 0.05) is 39.1 Å². The molecule has 1 aromatic heterocycles. The summed E-state index contributed by atoms with van der Waals surface area (Å²) >= 11 is 0. The standard InChI is InChI=1S/C19H31N5/c1-14-7-9-23(12-18(14)24-10-8-21-13-24)19(20-2)22-11-17(15-3-4-15)16-5-6-16/h8,10,13-18H,3-7,9,11-12H2,1-2H3,(H,20,22). The Morgan fingerprint density at radius 3 is 2.58 bits per heavy atom. The molecular weight excluding hydrogens is 298 g/mol. The molecule has 5 nitrogen and oxygen atoms in total. The van der Waals surface area contributed by atoms with Crippen molar-refractivity contribution in [3.05, 3.63) is 18.7 Å². The van der Waals surface area contributed by atoms with Gasteiger partial charge in [-0.2, -0.15) is 0 Å². The smallest absolute Gasteiger partial charge is 0.193 e. The summed E-state index contributed by atoms with van der Waals surface area (Å²) < 4.78 is 2.27. The van der Waals surface area contributed by atoms with Crippen LogP contribution in [0, 0.1) is 23.7 Å². The first-order chi connectivity index (χ1) is 11.8. The van der Waals surface area contributed by atoms with Crippen molar-refractivity contribution in [3.63, 3.8) is 0 Å². The van der Waals surface area contributed by atoms with Gasteiger partial charge in [0.1, 0.15) is 0 Å². The molecule has 2 heterocycles. The van der Waals surface area contributed by atoms with Gasteiger partial charge < -0.3 is 14.8 Å². The van der Waals surface area contributed by atoms with Crippen LogP contribution in [0.15, 0.2) is 23.7 Å². The molecule has 1 aromatic rings. The van der Waals surface area contributed by atoms with E-state index in [-0.39, 0.29) is 0 Å². The lowest BCUT2D eigenvalue weighted by atomic mass is 9.93. The van der Waals surface area contributed by atoms with Crippen LogP contribution in [0.25, 0.3) is 0 Å². The normalized spacial score (nSPS) is 28.5. The summed E-state index contributed by atoms with van der Waals surface area (Å²) in [6, 6.07) is 0.488. The van der Waals surface area contributed by atoms with E-state index in [1.165, 1.54) is 32.1 Å². The Labute approximate surface area is 145 Å². The molecule has 2 saturated carbocycles. The highest BCUT2D eigenvalue weighted by Gasteiger charge is 2.41. The van der Waals surface area contributed by atoms with Crippen molar-refractivity contribution in [1.29, 1.82) is 0 Å². The number of rotatable bonds is 5. The monoisotopic (exact) mass is 329 g/mol. The highest BCUT2D eigenvalue weighted by Crippen LogP contribution is 2.48. The molecule has 0 radical (unpaired) electrons. The Bertz CT molecular complexity index is 546.